The Kier molecular flexibility index (Phi) is 4.50. The Hall–Kier alpha value is -1.25. The van der Waals surface area contributed by atoms with Gasteiger partial charge in [0.25, 0.3) is 0 Å². The predicted molar refractivity (Wildman–Crippen MR) is 62.6 cm³/mol. The quantitative estimate of drug-likeness (QED) is 0.869. The van der Waals surface area contributed by atoms with Crippen LogP contribution in [-0.2, 0) is 19.1 Å². The van der Waals surface area contributed by atoms with E-state index in [1.807, 2.05) is 0 Å². The lowest BCUT2D eigenvalue weighted by Gasteiger charge is -2.21. The average molecular weight is 315 g/mol. The third-order valence-corrected chi connectivity index (χ3v) is 3.41. The molecule has 0 unspecified atom stereocenters. The first kappa shape index (κ1) is 16.1. The van der Waals surface area contributed by atoms with Gasteiger partial charge in [0, 0.05) is 0 Å². The van der Waals surface area contributed by atoms with E-state index in [4.69, 9.17) is 0 Å². The van der Waals surface area contributed by atoms with Gasteiger partial charge in [-0.25, -0.2) is 0 Å². The van der Waals surface area contributed by atoms with Gasteiger partial charge in [0.2, 0.25) is 0 Å². The number of alkyl halides is 6. The number of halogens is 6. The normalized spacial score (nSPS) is 18.2. The zero-order valence-electron chi connectivity index (χ0n) is 11.1. The molecular weight excluding hydrogens is 300 g/mol. The summed E-state index contributed by atoms with van der Waals surface area (Å²) in [5.74, 6) is 0.154. The highest BCUT2D eigenvalue weighted by Crippen LogP contribution is 2.32. The fourth-order valence-corrected chi connectivity index (χ4v) is 2.47. The van der Waals surface area contributed by atoms with Gasteiger partial charge in [-0.2, -0.15) is 31.4 Å². The summed E-state index contributed by atoms with van der Waals surface area (Å²) < 4.78 is 75.4. The molecule has 0 saturated carbocycles. The molecule has 1 saturated heterocycles. The van der Waals surface area contributed by atoms with E-state index in [2.05, 4.69) is 10.4 Å². The molecule has 0 aliphatic carbocycles. The number of hydrogen-bond acceptors (Lipinski definition) is 2. The summed E-state index contributed by atoms with van der Waals surface area (Å²) in [6.45, 7) is -0.200. The summed E-state index contributed by atoms with van der Waals surface area (Å²) in [4.78, 5) is 0. The van der Waals surface area contributed by atoms with Crippen molar-refractivity contribution >= 4 is 0 Å². The standard InChI is InChI=1S/C12H15F6N3/c13-11(14,15)7-21-10(12(16,17)18)6-9(20-21)5-8-1-3-19-4-2-8/h6,8,19H,1-5,7H2. The summed E-state index contributed by atoms with van der Waals surface area (Å²) in [7, 11) is 0. The van der Waals surface area contributed by atoms with Crippen LogP contribution in [0, 0.1) is 5.92 Å². The fourth-order valence-electron chi connectivity index (χ4n) is 2.47. The van der Waals surface area contributed by atoms with Gasteiger partial charge >= 0.3 is 12.4 Å². The van der Waals surface area contributed by atoms with E-state index in [0.29, 0.717) is 0 Å². The van der Waals surface area contributed by atoms with E-state index in [-0.39, 0.29) is 22.7 Å². The molecule has 21 heavy (non-hydrogen) atoms. The van der Waals surface area contributed by atoms with Crippen LogP contribution in [0.15, 0.2) is 6.07 Å². The molecule has 1 fully saturated rings. The predicted octanol–water partition coefficient (Wildman–Crippen LogP) is 3.01. The lowest BCUT2D eigenvalue weighted by Crippen LogP contribution is -2.28. The first-order valence-corrected chi connectivity index (χ1v) is 6.56. The minimum absolute atomic E-state index is 0.0103. The zero-order valence-corrected chi connectivity index (χ0v) is 11.1. The molecule has 0 radical (unpaired) electrons. The van der Waals surface area contributed by atoms with Gasteiger partial charge in [0.05, 0.1) is 5.69 Å². The third-order valence-electron chi connectivity index (χ3n) is 3.41. The highest BCUT2D eigenvalue weighted by atomic mass is 19.4. The summed E-state index contributed by atoms with van der Waals surface area (Å²) in [6, 6.07) is 0.730. The van der Waals surface area contributed by atoms with Crippen LogP contribution in [0.4, 0.5) is 26.3 Å². The van der Waals surface area contributed by atoms with Crippen LogP contribution >= 0.6 is 0 Å². The van der Waals surface area contributed by atoms with Crippen LogP contribution in [0.1, 0.15) is 24.2 Å². The molecule has 0 atom stereocenters. The maximum atomic E-state index is 12.8. The number of piperidine rings is 1. The first-order valence-electron chi connectivity index (χ1n) is 6.56. The van der Waals surface area contributed by atoms with Crippen molar-refractivity contribution in [3.05, 3.63) is 17.5 Å². The van der Waals surface area contributed by atoms with Crippen LogP contribution in [0.2, 0.25) is 0 Å². The summed E-state index contributed by atoms with van der Waals surface area (Å²) in [5, 5.41) is 6.63. The van der Waals surface area contributed by atoms with Crippen molar-refractivity contribution in [2.24, 2.45) is 5.92 Å². The lowest BCUT2D eigenvalue weighted by atomic mass is 9.93. The van der Waals surface area contributed by atoms with Crippen LogP contribution < -0.4 is 5.32 Å². The first-order chi connectivity index (χ1) is 9.65. The minimum Gasteiger partial charge on any atom is -0.317 e. The van der Waals surface area contributed by atoms with E-state index in [1.165, 1.54) is 0 Å². The Labute approximate surface area is 117 Å². The van der Waals surface area contributed by atoms with Crippen molar-refractivity contribution in [1.82, 2.24) is 15.1 Å². The Balaban J connectivity index is 2.19. The van der Waals surface area contributed by atoms with Gasteiger partial charge in [0.15, 0.2) is 0 Å². The van der Waals surface area contributed by atoms with E-state index in [9.17, 15) is 26.3 Å². The summed E-state index contributed by atoms with van der Waals surface area (Å²) in [6.07, 6.45) is -7.74. The molecule has 3 nitrogen and oxygen atoms in total. The van der Waals surface area contributed by atoms with Gasteiger partial charge in [-0.05, 0) is 44.3 Å². The van der Waals surface area contributed by atoms with Gasteiger partial charge in [-0.3, -0.25) is 4.68 Å². The van der Waals surface area contributed by atoms with Gasteiger partial charge < -0.3 is 5.32 Å². The fraction of sp³-hybridized carbons (Fsp3) is 0.750. The molecule has 1 aliphatic rings. The lowest BCUT2D eigenvalue weighted by molar-refractivity contribution is -0.160. The Morgan fingerprint density at radius 3 is 2.29 bits per heavy atom. The smallest absolute Gasteiger partial charge is 0.317 e. The molecule has 1 aromatic rings. The van der Waals surface area contributed by atoms with E-state index in [1.54, 1.807) is 0 Å². The molecule has 0 spiro atoms. The van der Waals surface area contributed by atoms with Crippen molar-refractivity contribution in [1.29, 1.82) is 0 Å². The number of rotatable bonds is 3. The second-order valence-electron chi connectivity index (χ2n) is 5.19. The monoisotopic (exact) mass is 315 g/mol. The van der Waals surface area contributed by atoms with Crippen molar-refractivity contribution < 1.29 is 26.3 Å². The van der Waals surface area contributed by atoms with Crippen LogP contribution in [0.3, 0.4) is 0 Å². The third kappa shape index (κ3) is 4.62. The Morgan fingerprint density at radius 2 is 1.76 bits per heavy atom. The van der Waals surface area contributed by atoms with Crippen molar-refractivity contribution in [3.63, 3.8) is 0 Å². The maximum Gasteiger partial charge on any atom is 0.433 e. The van der Waals surface area contributed by atoms with Crippen LogP contribution in [0.25, 0.3) is 0 Å². The molecule has 120 valence electrons. The van der Waals surface area contributed by atoms with E-state index >= 15 is 0 Å². The zero-order chi connectivity index (χ0) is 15.7. The SMILES string of the molecule is FC(F)(F)Cn1nc(CC2CCNCC2)cc1C(F)(F)F. The molecule has 1 aromatic heterocycles. The summed E-state index contributed by atoms with van der Waals surface area (Å²) >= 11 is 0. The molecule has 2 rings (SSSR count). The van der Waals surface area contributed by atoms with Gasteiger partial charge in [-0.1, -0.05) is 0 Å². The van der Waals surface area contributed by atoms with Crippen molar-refractivity contribution in [2.45, 2.75) is 38.2 Å². The molecular formula is C12H15F6N3. The molecule has 2 heterocycles. The highest BCUT2D eigenvalue weighted by Gasteiger charge is 2.39. The molecule has 0 amide bonds. The number of nitrogens with one attached hydrogen (secondary N) is 1. The van der Waals surface area contributed by atoms with Crippen LogP contribution in [0.5, 0.6) is 0 Å². The Morgan fingerprint density at radius 1 is 1.14 bits per heavy atom. The molecule has 9 heteroatoms. The average Bonchev–Trinajstić information content (AvgIpc) is 2.70. The topological polar surface area (TPSA) is 29.9 Å². The van der Waals surface area contributed by atoms with Gasteiger partial charge in [0.1, 0.15) is 12.2 Å². The molecule has 0 bridgehead atoms. The van der Waals surface area contributed by atoms with Crippen molar-refractivity contribution in [2.75, 3.05) is 13.1 Å². The molecule has 0 aromatic carbocycles. The summed E-state index contributed by atoms with van der Waals surface area (Å²) in [5.41, 5.74) is -1.28. The van der Waals surface area contributed by atoms with Gasteiger partial charge in [-0.15, -0.1) is 0 Å². The highest BCUT2D eigenvalue weighted by molar-refractivity contribution is 5.14. The number of nitrogens with zero attached hydrogens (tertiary/aromatic N) is 2. The minimum atomic E-state index is -4.84. The van der Waals surface area contributed by atoms with Crippen molar-refractivity contribution in [3.8, 4) is 0 Å². The van der Waals surface area contributed by atoms with E-state index in [0.717, 1.165) is 32.0 Å². The maximum absolute atomic E-state index is 12.8. The Bertz CT molecular complexity index is 470. The number of aromatic nitrogens is 2. The second-order valence-corrected chi connectivity index (χ2v) is 5.19. The largest absolute Gasteiger partial charge is 0.433 e. The van der Waals surface area contributed by atoms with E-state index < -0.39 is 24.6 Å². The molecule has 1 N–H and O–H groups in total. The van der Waals surface area contributed by atoms with Crippen LogP contribution in [-0.4, -0.2) is 29.0 Å². The second kappa shape index (κ2) is 5.86. The molecule has 1 aliphatic heterocycles. The number of hydrogen-bond donors (Lipinski definition) is 1.